The van der Waals surface area contributed by atoms with Gasteiger partial charge in [0.15, 0.2) is 5.69 Å². The van der Waals surface area contributed by atoms with E-state index >= 15 is 0 Å². The molecule has 30 heavy (non-hydrogen) atoms. The van der Waals surface area contributed by atoms with Crippen molar-refractivity contribution in [2.45, 2.75) is 13.1 Å². The number of alkyl halides is 3. The minimum absolute atomic E-state index is 0.0549. The van der Waals surface area contributed by atoms with Gasteiger partial charge in [-0.15, -0.1) is 0 Å². The quantitative estimate of drug-likeness (QED) is 0.443. The first-order chi connectivity index (χ1) is 14.3. The largest absolute Gasteiger partial charge is 0.497 e. The first kappa shape index (κ1) is 19.8. The average molecular weight is 414 g/mol. The number of hydrogen-bond acceptors (Lipinski definition) is 4. The van der Waals surface area contributed by atoms with E-state index in [0.29, 0.717) is 16.7 Å². The standard InChI is InChI=1S/C22H17F3N2O3/c1-3-30-21(28)19-16(12-8-10-13(29-2)11-9-12)17-18(27-19)14-6-4-5-7-15(14)26-20(17)22(23,24)25/h4-11,27H,3H2,1-2H3. The van der Waals surface area contributed by atoms with Crippen molar-refractivity contribution in [3.8, 4) is 16.9 Å². The van der Waals surface area contributed by atoms with E-state index in [1.165, 1.54) is 13.2 Å². The van der Waals surface area contributed by atoms with Gasteiger partial charge in [-0.2, -0.15) is 13.2 Å². The van der Waals surface area contributed by atoms with Crippen LogP contribution in [-0.4, -0.2) is 29.7 Å². The van der Waals surface area contributed by atoms with Crippen LogP contribution in [0.3, 0.4) is 0 Å². The summed E-state index contributed by atoms with van der Waals surface area (Å²) in [6, 6.07) is 12.9. The summed E-state index contributed by atoms with van der Waals surface area (Å²) in [6.45, 7) is 1.72. The predicted octanol–water partition coefficient (Wildman–Crippen LogP) is 5.59. The number of ether oxygens (including phenoxy) is 2. The number of carbonyl (C=O) groups excluding carboxylic acids is 1. The smallest absolute Gasteiger partial charge is 0.434 e. The number of rotatable bonds is 4. The second kappa shape index (κ2) is 7.37. The van der Waals surface area contributed by atoms with Gasteiger partial charge in [-0.05, 0) is 30.7 Å². The third kappa shape index (κ3) is 3.24. The lowest BCUT2D eigenvalue weighted by Gasteiger charge is -2.12. The van der Waals surface area contributed by atoms with E-state index < -0.39 is 17.8 Å². The van der Waals surface area contributed by atoms with E-state index in [9.17, 15) is 18.0 Å². The highest BCUT2D eigenvalue weighted by Gasteiger charge is 2.38. The minimum Gasteiger partial charge on any atom is -0.497 e. The summed E-state index contributed by atoms with van der Waals surface area (Å²) in [6.07, 6.45) is -4.72. The number of hydrogen-bond donors (Lipinski definition) is 1. The van der Waals surface area contributed by atoms with Crippen LogP contribution in [0, 0.1) is 0 Å². The monoisotopic (exact) mass is 414 g/mol. The zero-order valence-corrected chi connectivity index (χ0v) is 16.1. The molecule has 0 unspecified atom stereocenters. The maximum Gasteiger partial charge on any atom is 0.434 e. The van der Waals surface area contributed by atoms with E-state index in [0.717, 1.165) is 0 Å². The fourth-order valence-corrected chi connectivity index (χ4v) is 3.51. The van der Waals surface area contributed by atoms with Crippen LogP contribution in [0.2, 0.25) is 0 Å². The van der Waals surface area contributed by atoms with Gasteiger partial charge in [-0.25, -0.2) is 9.78 Å². The second-order valence-corrected chi connectivity index (χ2v) is 6.55. The Kier molecular flexibility index (Phi) is 4.85. The molecule has 2 aromatic carbocycles. The highest BCUT2D eigenvalue weighted by atomic mass is 19.4. The molecule has 8 heteroatoms. The van der Waals surface area contributed by atoms with Gasteiger partial charge in [0.1, 0.15) is 11.4 Å². The van der Waals surface area contributed by atoms with E-state index in [1.54, 1.807) is 49.4 Å². The SMILES string of the molecule is CCOC(=O)c1[nH]c2c(c(C(F)(F)F)nc3ccccc32)c1-c1ccc(OC)cc1. The highest BCUT2D eigenvalue weighted by molar-refractivity contribution is 6.16. The third-order valence-electron chi connectivity index (χ3n) is 4.77. The number of nitrogens with zero attached hydrogens (tertiary/aromatic N) is 1. The number of para-hydroxylation sites is 1. The van der Waals surface area contributed by atoms with Gasteiger partial charge in [0.05, 0.1) is 24.8 Å². The lowest BCUT2D eigenvalue weighted by atomic mass is 9.99. The summed E-state index contributed by atoms with van der Waals surface area (Å²) in [7, 11) is 1.49. The van der Waals surface area contributed by atoms with Crippen molar-refractivity contribution >= 4 is 27.8 Å². The number of aromatic nitrogens is 2. The fourth-order valence-electron chi connectivity index (χ4n) is 3.51. The van der Waals surface area contributed by atoms with Crippen molar-refractivity contribution in [1.29, 1.82) is 0 Å². The zero-order valence-electron chi connectivity index (χ0n) is 16.1. The lowest BCUT2D eigenvalue weighted by molar-refractivity contribution is -0.139. The average Bonchev–Trinajstić information content (AvgIpc) is 3.13. The van der Waals surface area contributed by atoms with Crippen LogP contribution in [0.5, 0.6) is 5.75 Å². The molecule has 0 aliphatic rings. The Bertz CT molecular complexity index is 1240. The van der Waals surface area contributed by atoms with Crippen molar-refractivity contribution in [2.24, 2.45) is 0 Å². The van der Waals surface area contributed by atoms with Crippen LogP contribution < -0.4 is 4.74 Å². The Hall–Kier alpha value is -3.55. The van der Waals surface area contributed by atoms with Gasteiger partial charge >= 0.3 is 12.1 Å². The summed E-state index contributed by atoms with van der Waals surface area (Å²) in [5.41, 5.74) is -0.254. The Morgan fingerprint density at radius 2 is 1.80 bits per heavy atom. The van der Waals surface area contributed by atoms with Crippen LogP contribution in [0.4, 0.5) is 13.2 Å². The topological polar surface area (TPSA) is 64.2 Å². The number of H-pyrrole nitrogens is 1. The highest BCUT2D eigenvalue weighted by Crippen LogP contribution is 2.43. The van der Waals surface area contributed by atoms with E-state index in [1.807, 2.05) is 0 Å². The van der Waals surface area contributed by atoms with Crippen LogP contribution >= 0.6 is 0 Å². The van der Waals surface area contributed by atoms with Gasteiger partial charge < -0.3 is 14.5 Å². The Morgan fingerprint density at radius 3 is 2.43 bits per heavy atom. The summed E-state index contributed by atoms with van der Waals surface area (Å²) >= 11 is 0. The van der Waals surface area contributed by atoms with Crippen LogP contribution in [0.15, 0.2) is 48.5 Å². The molecule has 1 N–H and O–H groups in total. The molecule has 154 valence electrons. The van der Waals surface area contributed by atoms with Gasteiger partial charge in [-0.1, -0.05) is 30.3 Å². The summed E-state index contributed by atoms with van der Waals surface area (Å²) < 4.78 is 52.3. The molecule has 0 aliphatic heterocycles. The number of nitrogens with one attached hydrogen (secondary N) is 1. The predicted molar refractivity (Wildman–Crippen MR) is 107 cm³/mol. The van der Waals surface area contributed by atoms with Gasteiger partial charge in [0.25, 0.3) is 0 Å². The molecule has 2 heterocycles. The molecular formula is C22H17F3N2O3. The maximum absolute atomic E-state index is 14.0. The normalized spacial score (nSPS) is 11.8. The third-order valence-corrected chi connectivity index (χ3v) is 4.77. The first-order valence-corrected chi connectivity index (χ1v) is 9.18. The van der Waals surface area contributed by atoms with Crippen molar-refractivity contribution in [3.05, 3.63) is 59.9 Å². The number of carbonyl (C=O) groups is 1. The molecule has 4 aromatic rings. The molecule has 0 bridgehead atoms. The van der Waals surface area contributed by atoms with Gasteiger partial charge in [-0.3, -0.25) is 0 Å². The van der Waals surface area contributed by atoms with Gasteiger partial charge in [0.2, 0.25) is 0 Å². The van der Waals surface area contributed by atoms with Crippen molar-refractivity contribution < 1.29 is 27.4 Å². The lowest BCUT2D eigenvalue weighted by Crippen LogP contribution is -2.09. The Balaban J connectivity index is 2.16. The van der Waals surface area contributed by atoms with Crippen molar-refractivity contribution in [3.63, 3.8) is 0 Å². The molecule has 0 radical (unpaired) electrons. The number of pyridine rings is 1. The molecule has 0 atom stereocenters. The molecule has 0 saturated carbocycles. The van der Waals surface area contributed by atoms with E-state index in [-0.39, 0.29) is 34.3 Å². The zero-order chi connectivity index (χ0) is 21.5. The molecule has 0 spiro atoms. The van der Waals surface area contributed by atoms with Crippen LogP contribution in [0.25, 0.3) is 32.9 Å². The number of aromatic amines is 1. The number of fused-ring (bicyclic) bond motifs is 3. The number of halogens is 3. The Morgan fingerprint density at radius 1 is 1.10 bits per heavy atom. The molecule has 0 amide bonds. The second-order valence-electron chi connectivity index (χ2n) is 6.55. The van der Waals surface area contributed by atoms with Gasteiger partial charge in [0, 0.05) is 16.3 Å². The molecule has 5 nitrogen and oxygen atoms in total. The summed E-state index contributed by atoms with van der Waals surface area (Å²) in [5, 5.41) is 0.306. The minimum atomic E-state index is -4.72. The fraction of sp³-hybridized carbons (Fsp3) is 0.182. The molecule has 0 fully saturated rings. The molecule has 2 aromatic heterocycles. The number of benzene rings is 2. The summed E-state index contributed by atoms with van der Waals surface area (Å²) in [5.74, 6) is -0.201. The molecule has 0 saturated heterocycles. The Labute approximate surface area is 169 Å². The molecule has 4 rings (SSSR count). The van der Waals surface area contributed by atoms with Crippen molar-refractivity contribution in [2.75, 3.05) is 13.7 Å². The summed E-state index contributed by atoms with van der Waals surface area (Å²) in [4.78, 5) is 19.4. The number of methoxy groups -OCH3 is 1. The number of esters is 1. The van der Waals surface area contributed by atoms with E-state index in [4.69, 9.17) is 9.47 Å². The maximum atomic E-state index is 14.0. The molecule has 0 aliphatic carbocycles. The van der Waals surface area contributed by atoms with Crippen LogP contribution in [-0.2, 0) is 10.9 Å². The van der Waals surface area contributed by atoms with Crippen molar-refractivity contribution in [1.82, 2.24) is 9.97 Å². The van der Waals surface area contributed by atoms with Crippen LogP contribution in [0.1, 0.15) is 23.1 Å². The molecular weight excluding hydrogens is 397 g/mol. The first-order valence-electron chi connectivity index (χ1n) is 9.18. The van der Waals surface area contributed by atoms with E-state index in [2.05, 4.69) is 9.97 Å².